The average molecular weight is 276 g/mol. The van der Waals surface area contributed by atoms with Crippen LogP contribution in [0.5, 0.6) is 0 Å². The Morgan fingerprint density at radius 2 is 1.95 bits per heavy atom. The molecule has 0 saturated heterocycles. The zero-order valence-electron chi connectivity index (χ0n) is 11.7. The number of nitrogens with zero attached hydrogens (tertiary/aromatic N) is 5. The number of imidazole rings is 1. The van der Waals surface area contributed by atoms with E-state index in [0.717, 1.165) is 23.3 Å². The summed E-state index contributed by atoms with van der Waals surface area (Å²) in [5, 5.41) is 29.4. The van der Waals surface area contributed by atoms with Crippen LogP contribution in [0.3, 0.4) is 0 Å². The molecule has 0 atom stereocenters. The first-order chi connectivity index (χ1) is 10.1. The first-order valence-electron chi connectivity index (χ1n) is 6.31. The Morgan fingerprint density at radius 3 is 2.52 bits per heavy atom. The third kappa shape index (κ3) is 2.54. The molecular formula is C15H12N6. The highest BCUT2D eigenvalue weighted by Gasteiger charge is 2.09. The number of allylic oxidation sites excluding steroid dienone is 2. The molecule has 0 spiro atoms. The minimum atomic E-state index is -0.243. The van der Waals surface area contributed by atoms with Crippen molar-refractivity contribution >= 4 is 16.7 Å². The SMILES string of the molecule is CCc1nc2cc(NC(C#N)=C(C#N)C#N)ccc2n1C. The van der Waals surface area contributed by atoms with E-state index in [2.05, 4.69) is 10.3 Å². The summed E-state index contributed by atoms with van der Waals surface area (Å²) in [5.41, 5.74) is 2.09. The van der Waals surface area contributed by atoms with Crippen LogP contribution in [0.2, 0.25) is 0 Å². The number of benzene rings is 1. The third-order valence-corrected chi connectivity index (χ3v) is 3.14. The minimum absolute atomic E-state index is 0.0639. The lowest BCUT2D eigenvalue weighted by Gasteiger charge is -2.04. The van der Waals surface area contributed by atoms with Crippen molar-refractivity contribution in [2.24, 2.45) is 7.05 Å². The molecule has 0 bridgehead atoms. The maximum Gasteiger partial charge on any atom is 0.163 e. The normalized spacial score (nSPS) is 9.48. The monoisotopic (exact) mass is 276 g/mol. The van der Waals surface area contributed by atoms with E-state index in [1.54, 1.807) is 24.3 Å². The Bertz CT molecular complexity index is 835. The molecule has 0 saturated carbocycles. The molecule has 6 heteroatoms. The van der Waals surface area contributed by atoms with Crippen LogP contribution in [-0.2, 0) is 13.5 Å². The summed E-state index contributed by atoms with van der Waals surface area (Å²) in [6, 6.07) is 10.7. The van der Waals surface area contributed by atoms with Gasteiger partial charge in [-0.15, -0.1) is 0 Å². The van der Waals surface area contributed by atoms with Crippen LogP contribution in [0, 0.1) is 34.0 Å². The lowest BCUT2D eigenvalue weighted by atomic mass is 10.2. The average Bonchev–Trinajstić information content (AvgIpc) is 2.83. The molecule has 2 rings (SSSR count). The van der Waals surface area contributed by atoms with Crippen LogP contribution >= 0.6 is 0 Å². The van der Waals surface area contributed by atoms with Gasteiger partial charge in [0.05, 0.1) is 11.0 Å². The molecule has 1 N–H and O–H groups in total. The standard InChI is InChI=1S/C15H12N6/c1-3-15-20-12-6-11(4-5-14(12)21(15)2)19-13(9-18)10(7-16)8-17/h4-6,19H,3H2,1-2H3. The van der Waals surface area contributed by atoms with Crippen molar-refractivity contribution < 1.29 is 0 Å². The molecule has 0 amide bonds. The highest BCUT2D eigenvalue weighted by atomic mass is 15.1. The van der Waals surface area contributed by atoms with E-state index in [-0.39, 0.29) is 11.3 Å². The van der Waals surface area contributed by atoms with Gasteiger partial charge in [-0.05, 0) is 18.2 Å². The summed E-state index contributed by atoms with van der Waals surface area (Å²) >= 11 is 0. The second kappa shape index (κ2) is 5.77. The molecule has 1 aromatic heterocycles. The van der Waals surface area contributed by atoms with Gasteiger partial charge in [0, 0.05) is 19.2 Å². The van der Waals surface area contributed by atoms with Crippen molar-refractivity contribution in [1.82, 2.24) is 9.55 Å². The van der Waals surface area contributed by atoms with Gasteiger partial charge >= 0.3 is 0 Å². The molecule has 0 unspecified atom stereocenters. The Kier molecular flexibility index (Phi) is 3.88. The van der Waals surface area contributed by atoms with Gasteiger partial charge in [0.1, 0.15) is 29.7 Å². The Balaban J connectivity index is 2.46. The van der Waals surface area contributed by atoms with E-state index in [1.807, 2.05) is 30.7 Å². The van der Waals surface area contributed by atoms with Crippen LogP contribution in [-0.4, -0.2) is 9.55 Å². The summed E-state index contributed by atoms with van der Waals surface area (Å²) in [6.45, 7) is 2.03. The molecule has 102 valence electrons. The first-order valence-corrected chi connectivity index (χ1v) is 6.31. The molecule has 0 aliphatic rings. The van der Waals surface area contributed by atoms with Crippen molar-refractivity contribution in [2.45, 2.75) is 13.3 Å². The second-order valence-corrected chi connectivity index (χ2v) is 4.35. The van der Waals surface area contributed by atoms with Gasteiger partial charge in [-0.25, -0.2) is 4.98 Å². The Labute approximate surface area is 122 Å². The maximum absolute atomic E-state index is 9.03. The highest BCUT2D eigenvalue weighted by Crippen LogP contribution is 2.21. The van der Waals surface area contributed by atoms with Crippen molar-refractivity contribution in [1.29, 1.82) is 15.8 Å². The summed E-state index contributed by atoms with van der Waals surface area (Å²) in [5.74, 6) is 0.966. The topological polar surface area (TPSA) is 101 Å². The summed E-state index contributed by atoms with van der Waals surface area (Å²) < 4.78 is 2.01. The van der Waals surface area contributed by atoms with Crippen LogP contribution in [0.4, 0.5) is 5.69 Å². The smallest absolute Gasteiger partial charge is 0.163 e. The number of anilines is 1. The zero-order chi connectivity index (χ0) is 15.4. The molecule has 6 nitrogen and oxygen atoms in total. The van der Waals surface area contributed by atoms with Gasteiger partial charge in [-0.3, -0.25) is 0 Å². The number of aromatic nitrogens is 2. The molecule has 1 heterocycles. The van der Waals surface area contributed by atoms with Crippen LogP contribution in [0.25, 0.3) is 11.0 Å². The molecule has 2 aromatic rings. The number of aryl methyl sites for hydroxylation is 2. The number of nitriles is 3. The van der Waals surface area contributed by atoms with Gasteiger partial charge in [0.2, 0.25) is 0 Å². The van der Waals surface area contributed by atoms with Crippen LogP contribution in [0.1, 0.15) is 12.7 Å². The lowest BCUT2D eigenvalue weighted by Crippen LogP contribution is -2.00. The summed E-state index contributed by atoms with van der Waals surface area (Å²) in [7, 11) is 1.95. The second-order valence-electron chi connectivity index (χ2n) is 4.35. The van der Waals surface area contributed by atoms with Crippen molar-refractivity contribution in [2.75, 3.05) is 5.32 Å². The summed E-state index contributed by atoms with van der Waals surface area (Å²) in [6.07, 6.45) is 0.824. The van der Waals surface area contributed by atoms with Gasteiger partial charge in [-0.2, -0.15) is 15.8 Å². The fourth-order valence-electron chi connectivity index (χ4n) is 2.07. The molecule has 0 aliphatic carbocycles. The molecule has 0 aliphatic heterocycles. The van der Waals surface area contributed by atoms with E-state index in [1.165, 1.54) is 0 Å². The predicted molar refractivity (Wildman–Crippen MR) is 77.6 cm³/mol. The van der Waals surface area contributed by atoms with E-state index in [9.17, 15) is 0 Å². The fraction of sp³-hybridized carbons (Fsp3) is 0.200. The van der Waals surface area contributed by atoms with Crippen molar-refractivity contribution in [3.8, 4) is 18.2 Å². The molecule has 0 radical (unpaired) electrons. The van der Waals surface area contributed by atoms with E-state index < -0.39 is 0 Å². The number of nitrogens with one attached hydrogen (secondary N) is 1. The van der Waals surface area contributed by atoms with E-state index in [4.69, 9.17) is 15.8 Å². The van der Waals surface area contributed by atoms with Crippen molar-refractivity contribution in [3.63, 3.8) is 0 Å². The molecule has 1 aromatic carbocycles. The van der Waals surface area contributed by atoms with E-state index >= 15 is 0 Å². The quantitative estimate of drug-likeness (QED) is 0.867. The van der Waals surface area contributed by atoms with Gasteiger partial charge in [0.25, 0.3) is 0 Å². The molecule has 0 fully saturated rings. The van der Waals surface area contributed by atoms with Gasteiger partial charge < -0.3 is 9.88 Å². The van der Waals surface area contributed by atoms with Crippen LogP contribution in [0.15, 0.2) is 29.5 Å². The largest absolute Gasteiger partial charge is 0.345 e. The highest BCUT2D eigenvalue weighted by molar-refractivity contribution is 5.81. The van der Waals surface area contributed by atoms with Crippen molar-refractivity contribution in [3.05, 3.63) is 35.3 Å². The maximum atomic E-state index is 9.03. The Hall–Kier alpha value is -3.30. The molecule has 21 heavy (non-hydrogen) atoms. The number of hydrogen-bond donors (Lipinski definition) is 1. The summed E-state index contributed by atoms with van der Waals surface area (Å²) in [4.78, 5) is 4.50. The minimum Gasteiger partial charge on any atom is -0.345 e. The number of rotatable bonds is 3. The number of hydrogen-bond acceptors (Lipinski definition) is 5. The fourth-order valence-corrected chi connectivity index (χ4v) is 2.07. The lowest BCUT2D eigenvalue weighted by molar-refractivity contribution is 0.829. The first kappa shape index (κ1) is 14.1. The van der Waals surface area contributed by atoms with Gasteiger partial charge in [0.15, 0.2) is 5.57 Å². The predicted octanol–water partition coefficient (Wildman–Crippen LogP) is 2.37. The zero-order valence-corrected chi connectivity index (χ0v) is 11.7. The number of fused-ring (bicyclic) bond motifs is 1. The Morgan fingerprint density at radius 1 is 1.24 bits per heavy atom. The van der Waals surface area contributed by atoms with Crippen LogP contribution < -0.4 is 5.32 Å². The third-order valence-electron chi connectivity index (χ3n) is 3.14. The molecular weight excluding hydrogens is 264 g/mol. The van der Waals surface area contributed by atoms with Gasteiger partial charge in [-0.1, -0.05) is 6.92 Å². The van der Waals surface area contributed by atoms with E-state index in [0.29, 0.717) is 5.69 Å².